The number of carbonyl (C=O) groups is 1. The third kappa shape index (κ3) is 2.53. The fourth-order valence-electron chi connectivity index (χ4n) is 5.13. The van der Waals surface area contributed by atoms with Gasteiger partial charge in [0, 0.05) is 16.8 Å². The standard InChI is InChI=1S/C16H26ClNO/c1-15(2,3-4-17)18-14(19)16-8-11-5-12(9-16)7-13(6-11)10-16/h11-13H,3-10H2,1-2H3,(H,18,19). The maximum absolute atomic E-state index is 12.8. The van der Waals surface area contributed by atoms with Gasteiger partial charge in [0.25, 0.3) is 0 Å². The van der Waals surface area contributed by atoms with Gasteiger partial charge in [0.2, 0.25) is 5.91 Å². The van der Waals surface area contributed by atoms with Crippen molar-refractivity contribution in [2.75, 3.05) is 5.88 Å². The van der Waals surface area contributed by atoms with Crippen molar-refractivity contribution in [1.29, 1.82) is 0 Å². The van der Waals surface area contributed by atoms with E-state index in [1.807, 2.05) is 0 Å². The van der Waals surface area contributed by atoms with Gasteiger partial charge in [-0.25, -0.2) is 0 Å². The molecule has 0 atom stereocenters. The highest BCUT2D eigenvalue weighted by Crippen LogP contribution is 2.60. The average molecular weight is 284 g/mol. The Labute approximate surface area is 121 Å². The minimum atomic E-state index is -0.165. The Morgan fingerprint density at radius 3 is 2.05 bits per heavy atom. The van der Waals surface area contributed by atoms with E-state index in [1.165, 1.54) is 19.3 Å². The van der Waals surface area contributed by atoms with E-state index in [1.54, 1.807) is 0 Å². The van der Waals surface area contributed by atoms with Crippen LogP contribution in [0.5, 0.6) is 0 Å². The lowest BCUT2D eigenvalue weighted by atomic mass is 9.49. The van der Waals surface area contributed by atoms with Crippen LogP contribution in [0.15, 0.2) is 0 Å². The highest BCUT2D eigenvalue weighted by atomic mass is 35.5. The normalized spacial score (nSPS) is 40.5. The van der Waals surface area contributed by atoms with E-state index in [0.29, 0.717) is 11.8 Å². The summed E-state index contributed by atoms with van der Waals surface area (Å²) in [4.78, 5) is 12.8. The number of amides is 1. The molecular formula is C16H26ClNO. The maximum atomic E-state index is 12.8. The Morgan fingerprint density at radius 2 is 1.63 bits per heavy atom. The lowest BCUT2D eigenvalue weighted by molar-refractivity contribution is -0.148. The Bertz CT molecular complexity index is 342. The summed E-state index contributed by atoms with van der Waals surface area (Å²) < 4.78 is 0. The minimum absolute atomic E-state index is 0.0294. The predicted octanol–water partition coefficient (Wildman–Crippen LogP) is 3.73. The molecule has 0 spiro atoms. The molecule has 0 unspecified atom stereocenters. The lowest BCUT2D eigenvalue weighted by Gasteiger charge is -2.56. The van der Waals surface area contributed by atoms with Gasteiger partial charge >= 0.3 is 0 Å². The van der Waals surface area contributed by atoms with Crippen molar-refractivity contribution in [3.8, 4) is 0 Å². The van der Waals surface area contributed by atoms with Gasteiger partial charge in [-0.1, -0.05) is 0 Å². The van der Waals surface area contributed by atoms with E-state index >= 15 is 0 Å². The number of halogens is 1. The zero-order valence-electron chi connectivity index (χ0n) is 12.2. The Morgan fingerprint density at radius 1 is 1.16 bits per heavy atom. The molecule has 0 saturated heterocycles. The first-order chi connectivity index (χ1) is 8.92. The van der Waals surface area contributed by atoms with Crippen molar-refractivity contribution >= 4 is 17.5 Å². The van der Waals surface area contributed by atoms with Gasteiger partial charge in [-0.3, -0.25) is 4.79 Å². The van der Waals surface area contributed by atoms with Crippen molar-refractivity contribution in [3.63, 3.8) is 0 Å². The van der Waals surface area contributed by atoms with Crippen LogP contribution in [0.4, 0.5) is 0 Å². The first-order valence-corrected chi connectivity index (χ1v) is 8.34. The van der Waals surface area contributed by atoms with Crippen LogP contribution in [0.25, 0.3) is 0 Å². The average Bonchev–Trinajstić information content (AvgIpc) is 2.25. The predicted molar refractivity (Wildman–Crippen MR) is 78.2 cm³/mol. The molecule has 0 aromatic heterocycles. The maximum Gasteiger partial charge on any atom is 0.226 e. The summed E-state index contributed by atoms with van der Waals surface area (Å²) in [5.74, 6) is 3.41. The third-order valence-corrected chi connectivity index (χ3v) is 5.88. The summed E-state index contributed by atoms with van der Waals surface area (Å²) in [6.45, 7) is 4.18. The molecule has 4 fully saturated rings. The van der Waals surface area contributed by atoms with E-state index in [4.69, 9.17) is 11.6 Å². The van der Waals surface area contributed by atoms with E-state index in [9.17, 15) is 4.79 Å². The molecule has 3 heteroatoms. The van der Waals surface area contributed by atoms with E-state index in [-0.39, 0.29) is 11.0 Å². The van der Waals surface area contributed by atoms with Crippen LogP contribution < -0.4 is 5.32 Å². The second-order valence-corrected chi connectivity index (χ2v) is 8.35. The summed E-state index contributed by atoms with van der Waals surface area (Å²) in [7, 11) is 0. The van der Waals surface area contributed by atoms with Crippen molar-refractivity contribution in [2.45, 2.75) is 64.3 Å². The summed E-state index contributed by atoms with van der Waals surface area (Å²) in [5, 5.41) is 3.29. The summed E-state index contributed by atoms with van der Waals surface area (Å²) >= 11 is 5.84. The fraction of sp³-hybridized carbons (Fsp3) is 0.938. The molecule has 1 amide bonds. The van der Waals surface area contributed by atoms with Crippen LogP contribution in [0.1, 0.15) is 58.8 Å². The van der Waals surface area contributed by atoms with Gasteiger partial charge in [-0.15, -0.1) is 11.6 Å². The monoisotopic (exact) mass is 283 g/mol. The van der Waals surface area contributed by atoms with Gasteiger partial charge in [-0.2, -0.15) is 0 Å². The number of hydrogen-bond donors (Lipinski definition) is 1. The molecule has 4 aliphatic rings. The van der Waals surface area contributed by atoms with Crippen molar-refractivity contribution in [1.82, 2.24) is 5.32 Å². The van der Waals surface area contributed by atoms with E-state index in [2.05, 4.69) is 19.2 Å². The molecule has 4 rings (SSSR count). The van der Waals surface area contributed by atoms with Crippen LogP contribution in [-0.2, 0) is 4.79 Å². The molecule has 0 aromatic rings. The lowest BCUT2D eigenvalue weighted by Crippen LogP contribution is -2.57. The first-order valence-electron chi connectivity index (χ1n) is 7.81. The Kier molecular flexibility index (Phi) is 3.36. The van der Waals surface area contributed by atoms with Crippen molar-refractivity contribution in [3.05, 3.63) is 0 Å². The van der Waals surface area contributed by atoms with Crippen LogP contribution in [0.3, 0.4) is 0 Å². The third-order valence-electron chi connectivity index (χ3n) is 5.69. The Balaban J connectivity index is 1.73. The van der Waals surface area contributed by atoms with Crippen molar-refractivity contribution in [2.24, 2.45) is 23.2 Å². The Hall–Kier alpha value is -0.240. The fourth-order valence-corrected chi connectivity index (χ4v) is 5.60. The zero-order chi connectivity index (χ0) is 13.7. The number of carbonyl (C=O) groups excluding carboxylic acids is 1. The SMILES string of the molecule is CC(C)(CCCl)NC(=O)C12CC3CC(CC(C3)C1)C2. The van der Waals surface area contributed by atoms with Crippen LogP contribution >= 0.6 is 11.6 Å². The van der Waals surface area contributed by atoms with Gasteiger partial charge in [-0.05, 0) is 76.5 Å². The van der Waals surface area contributed by atoms with Gasteiger partial charge < -0.3 is 5.32 Å². The highest BCUT2D eigenvalue weighted by Gasteiger charge is 2.55. The smallest absolute Gasteiger partial charge is 0.226 e. The molecule has 0 aromatic carbocycles. The second kappa shape index (κ2) is 4.65. The van der Waals surface area contributed by atoms with Gasteiger partial charge in [0.1, 0.15) is 0 Å². The molecule has 2 nitrogen and oxygen atoms in total. The minimum Gasteiger partial charge on any atom is -0.351 e. The number of nitrogens with one attached hydrogen (secondary N) is 1. The highest BCUT2D eigenvalue weighted by molar-refractivity contribution is 6.17. The van der Waals surface area contributed by atoms with Crippen LogP contribution in [-0.4, -0.2) is 17.3 Å². The number of hydrogen-bond acceptors (Lipinski definition) is 1. The summed E-state index contributed by atoms with van der Waals surface area (Å²) in [5.41, 5.74) is -0.194. The van der Waals surface area contributed by atoms with Gasteiger partial charge in [0.15, 0.2) is 0 Å². The second-order valence-electron chi connectivity index (χ2n) is 7.97. The molecule has 0 heterocycles. The molecule has 0 aliphatic heterocycles. The molecule has 108 valence electrons. The van der Waals surface area contributed by atoms with E-state index in [0.717, 1.165) is 43.4 Å². The number of rotatable bonds is 4. The van der Waals surface area contributed by atoms with Crippen LogP contribution in [0.2, 0.25) is 0 Å². The van der Waals surface area contributed by atoms with Crippen molar-refractivity contribution < 1.29 is 4.79 Å². The molecule has 4 saturated carbocycles. The number of alkyl halides is 1. The molecule has 4 aliphatic carbocycles. The topological polar surface area (TPSA) is 29.1 Å². The summed E-state index contributed by atoms with van der Waals surface area (Å²) in [6.07, 6.45) is 8.42. The van der Waals surface area contributed by atoms with Gasteiger partial charge in [0.05, 0.1) is 0 Å². The first kappa shape index (κ1) is 13.7. The van der Waals surface area contributed by atoms with Crippen LogP contribution in [0, 0.1) is 23.2 Å². The molecule has 0 radical (unpaired) electrons. The zero-order valence-corrected chi connectivity index (χ0v) is 12.9. The molecular weight excluding hydrogens is 258 g/mol. The molecule has 1 N–H and O–H groups in total. The summed E-state index contributed by atoms with van der Waals surface area (Å²) in [6, 6.07) is 0. The molecule has 4 bridgehead atoms. The molecule has 19 heavy (non-hydrogen) atoms. The van der Waals surface area contributed by atoms with E-state index < -0.39 is 0 Å². The largest absolute Gasteiger partial charge is 0.351 e. The quantitative estimate of drug-likeness (QED) is 0.783.